The van der Waals surface area contributed by atoms with E-state index in [9.17, 15) is 19.2 Å². The van der Waals surface area contributed by atoms with Crippen LogP contribution in [-0.2, 0) is 30.4 Å². The van der Waals surface area contributed by atoms with Crippen molar-refractivity contribution in [3.63, 3.8) is 0 Å². The van der Waals surface area contributed by atoms with Crippen molar-refractivity contribution in [1.29, 1.82) is 5.41 Å². The lowest BCUT2D eigenvalue weighted by atomic mass is 9.93. The van der Waals surface area contributed by atoms with Gasteiger partial charge >= 0.3 is 18.0 Å². The lowest BCUT2D eigenvalue weighted by Gasteiger charge is -2.31. The van der Waals surface area contributed by atoms with E-state index in [0.29, 0.717) is 37.1 Å². The Morgan fingerprint density at radius 3 is 1.96 bits per heavy atom. The molecule has 1 aliphatic heterocycles. The lowest BCUT2D eigenvalue weighted by Crippen LogP contribution is -2.39. The van der Waals surface area contributed by atoms with Crippen molar-refractivity contribution in [1.82, 2.24) is 10.2 Å². The molecule has 10 nitrogen and oxygen atoms in total. The number of carbonyl (C=O) groups is 4. The number of nitrogens with one attached hydrogen (secondary N) is 2. The van der Waals surface area contributed by atoms with E-state index in [-0.39, 0.29) is 37.5 Å². The molecule has 1 fully saturated rings. The predicted molar refractivity (Wildman–Crippen MR) is 168 cm³/mol. The highest BCUT2D eigenvalue weighted by molar-refractivity contribution is 6.04. The summed E-state index contributed by atoms with van der Waals surface area (Å²) >= 11 is 0. The van der Waals surface area contributed by atoms with Gasteiger partial charge in [0, 0.05) is 30.6 Å². The Bertz CT molecular complexity index is 1490. The van der Waals surface area contributed by atoms with E-state index >= 15 is 0 Å². The first-order valence-corrected chi connectivity index (χ1v) is 14.9. The van der Waals surface area contributed by atoms with Crippen LogP contribution in [0.5, 0.6) is 0 Å². The number of ether oxygens (including phenoxy) is 3. The van der Waals surface area contributed by atoms with E-state index < -0.39 is 23.4 Å². The molecule has 0 aliphatic carbocycles. The smallest absolute Gasteiger partial charge is 0.413 e. The molecule has 3 aromatic carbocycles. The van der Waals surface area contributed by atoms with Crippen molar-refractivity contribution in [2.45, 2.75) is 46.6 Å². The summed E-state index contributed by atoms with van der Waals surface area (Å²) in [5.41, 5.74) is 3.11. The molecule has 0 saturated carbocycles. The van der Waals surface area contributed by atoms with Crippen molar-refractivity contribution in [3.05, 3.63) is 95.6 Å². The number of rotatable bonds is 9. The first-order chi connectivity index (χ1) is 21.5. The van der Waals surface area contributed by atoms with E-state index in [0.717, 1.165) is 16.7 Å². The van der Waals surface area contributed by atoms with Crippen molar-refractivity contribution in [2.75, 3.05) is 19.9 Å². The van der Waals surface area contributed by atoms with Gasteiger partial charge in [0.1, 0.15) is 12.4 Å². The number of nitrogens with zero attached hydrogens (tertiary/aromatic N) is 1. The van der Waals surface area contributed by atoms with Gasteiger partial charge in [0.05, 0.1) is 5.41 Å². The zero-order valence-corrected chi connectivity index (χ0v) is 25.8. The number of amides is 2. The topological polar surface area (TPSA) is 135 Å². The van der Waals surface area contributed by atoms with Gasteiger partial charge in [-0.2, -0.15) is 0 Å². The zero-order valence-electron chi connectivity index (χ0n) is 25.8. The maximum absolute atomic E-state index is 13.1. The molecule has 1 heterocycles. The second kappa shape index (κ2) is 15.1. The summed E-state index contributed by atoms with van der Waals surface area (Å²) in [5, 5.41) is 10.6. The maximum Gasteiger partial charge on any atom is 0.413 e. The van der Waals surface area contributed by atoms with Gasteiger partial charge in [-0.3, -0.25) is 25.1 Å². The van der Waals surface area contributed by atoms with Gasteiger partial charge in [-0.05, 0) is 68.4 Å². The Labute approximate surface area is 263 Å². The highest BCUT2D eigenvalue weighted by atomic mass is 16.7. The van der Waals surface area contributed by atoms with Crippen LogP contribution in [0.4, 0.5) is 4.79 Å². The molecule has 2 amide bonds. The van der Waals surface area contributed by atoms with Crippen LogP contribution in [-0.4, -0.2) is 54.6 Å². The van der Waals surface area contributed by atoms with E-state index in [1.807, 2.05) is 54.6 Å². The molecule has 236 valence electrons. The number of benzene rings is 3. The van der Waals surface area contributed by atoms with Gasteiger partial charge in [0.2, 0.25) is 6.79 Å². The van der Waals surface area contributed by atoms with Gasteiger partial charge < -0.3 is 19.1 Å². The van der Waals surface area contributed by atoms with Gasteiger partial charge in [0.25, 0.3) is 5.91 Å². The molecule has 45 heavy (non-hydrogen) atoms. The first kappa shape index (κ1) is 32.9. The largest absolute Gasteiger partial charge is 0.444 e. The first-order valence-electron chi connectivity index (χ1n) is 14.9. The number of esters is 2. The molecule has 0 unspecified atom stereocenters. The molecule has 10 heteroatoms. The average molecular weight is 614 g/mol. The summed E-state index contributed by atoms with van der Waals surface area (Å²) in [7, 11) is 0. The molecule has 0 bridgehead atoms. The van der Waals surface area contributed by atoms with Crippen LogP contribution in [0.25, 0.3) is 11.1 Å². The summed E-state index contributed by atoms with van der Waals surface area (Å²) in [4.78, 5) is 50.9. The van der Waals surface area contributed by atoms with Crippen LogP contribution < -0.4 is 5.32 Å². The summed E-state index contributed by atoms with van der Waals surface area (Å²) in [6.07, 6.45) is 0.885. The van der Waals surface area contributed by atoms with Gasteiger partial charge in [0.15, 0.2) is 0 Å². The molecule has 3 aromatic rings. The number of likely N-dealkylation sites (tertiary alicyclic amines) is 1. The fraction of sp³-hybridized carbons (Fsp3) is 0.343. The highest BCUT2D eigenvalue weighted by Crippen LogP contribution is 2.25. The molecular weight excluding hydrogens is 574 g/mol. The molecule has 2 N–H and O–H groups in total. The fourth-order valence-electron chi connectivity index (χ4n) is 4.75. The second-order valence-corrected chi connectivity index (χ2v) is 12.0. The number of alkyl carbamates (subject to hydrolysis) is 1. The highest BCUT2D eigenvalue weighted by Gasteiger charge is 2.27. The minimum Gasteiger partial charge on any atom is -0.444 e. The summed E-state index contributed by atoms with van der Waals surface area (Å²) < 4.78 is 15.2. The number of amidine groups is 1. The van der Waals surface area contributed by atoms with E-state index in [1.54, 1.807) is 49.9 Å². The minimum atomic E-state index is -0.698. The molecule has 1 saturated heterocycles. The van der Waals surface area contributed by atoms with Crippen molar-refractivity contribution in [3.8, 4) is 11.1 Å². The molecular formula is C35H39N3O7. The Kier molecular flexibility index (Phi) is 11.1. The van der Waals surface area contributed by atoms with Crippen LogP contribution >= 0.6 is 0 Å². The van der Waals surface area contributed by atoms with Crippen molar-refractivity contribution in [2.24, 2.45) is 11.3 Å². The standard InChI is InChI=1S/C35H39N3O7/c1-35(2,3)33(41)45-23-44-30(39)21-24-17-19-38(20-18-24)32(40)29-15-11-27(12-16-29)26-9-13-28(14-10-26)31(36)37-34(42)43-22-25-7-5-4-6-8-25/h4-16,24H,17-23H2,1-3H3,(H2,36,37,42). The lowest BCUT2D eigenvalue weighted by molar-refractivity contribution is -0.173. The van der Waals surface area contributed by atoms with Crippen molar-refractivity contribution < 1.29 is 33.4 Å². The third kappa shape index (κ3) is 9.76. The third-order valence-electron chi connectivity index (χ3n) is 7.46. The second-order valence-electron chi connectivity index (χ2n) is 12.0. The Balaban J connectivity index is 1.21. The average Bonchev–Trinajstić information content (AvgIpc) is 3.04. The number of hydrogen-bond donors (Lipinski definition) is 2. The SMILES string of the molecule is CC(C)(C)C(=O)OCOC(=O)CC1CCN(C(=O)c2ccc(-c3ccc(C(=N)NC(=O)OCc4ccccc4)cc3)cc2)CC1. The molecule has 4 rings (SSSR count). The van der Waals surface area contributed by atoms with Gasteiger partial charge in [-0.25, -0.2) is 4.79 Å². The normalized spacial score (nSPS) is 13.4. The molecule has 0 spiro atoms. The summed E-state index contributed by atoms with van der Waals surface area (Å²) in [5.74, 6) is -0.882. The molecule has 1 aliphatic rings. The number of carbonyl (C=O) groups excluding carboxylic acids is 4. The maximum atomic E-state index is 13.1. The quantitative estimate of drug-likeness (QED) is 0.132. The fourth-order valence-corrected chi connectivity index (χ4v) is 4.75. The Morgan fingerprint density at radius 2 is 1.38 bits per heavy atom. The molecule has 0 atom stereocenters. The van der Waals surface area contributed by atoms with Gasteiger partial charge in [-0.15, -0.1) is 0 Å². The predicted octanol–water partition coefficient (Wildman–Crippen LogP) is 5.94. The molecule has 0 radical (unpaired) electrons. The summed E-state index contributed by atoms with van der Waals surface area (Å²) in [6.45, 7) is 5.99. The van der Waals surface area contributed by atoms with E-state index in [4.69, 9.17) is 19.6 Å². The monoisotopic (exact) mass is 613 g/mol. The number of piperidine rings is 1. The third-order valence-corrected chi connectivity index (χ3v) is 7.46. The van der Waals surface area contributed by atoms with E-state index in [1.165, 1.54) is 0 Å². The minimum absolute atomic E-state index is 0.0642. The molecule has 0 aromatic heterocycles. The number of hydrogen-bond acceptors (Lipinski definition) is 8. The Hall–Kier alpha value is -4.99. The van der Waals surface area contributed by atoms with Crippen LogP contribution in [0, 0.1) is 16.7 Å². The summed E-state index contributed by atoms with van der Waals surface area (Å²) in [6, 6.07) is 23.8. The van der Waals surface area contributed by atoms with Crippen LogP contribution in [0.2, 0.25) is 0 Å². The zero-order chi connectivity index (χ0) is 32.4. The Morgan fingerprint density at radius 1 is 0.800 bits per heavy atom. The van der Waals surface area contributed by atoms with Crippen LogP contribution in [0.1, 0.15) is 61.5 Å². The van der Waals surface area contributed by atoms with Gasteiger partial charge in [-0.1, -0.05) is 66.7 Å². The van der Waals surface area contributed by atoms with Crippen molar-refractivity contribution >= 4 is 29.8 Å². The van der Waals surface area contributed by atoms with Crippen LogP contribution in [0.3, 0.4) is 0 Å². The van der Waals surface area contributed by atoms with Crippen LogP contribution in [0.15, 0.2) is 78.9 Å². The van der Waals surface area contributed by atoms with E-state index in [2.05, 4.69) is 5.32 Å².